The Balaban J connectivity index is 2.39. The van der Waals surface area contributed by atoms with Crippen LogP contribution in [0.1, 0.15) is 32.7 Å². The van der Waals surface area contributed by atoms with E-state index in [9.17, 15) is 14.7 Å². The van der Waals surface area contributed by atoms with Crippen molar-refractivity contribution in [1.29, 1.82) is 0 Å². The molecule has 0 amide bonds. The maximum absolute atomic E-state index is 12.5. The van der Waals surface area contributed by atoms with Gasteiger partial charge in [0.15, 0.2) is 11.5 Å². The van der Waals surface area contributed by atoms with E-state index in [1.54, 1.807) is 12.1 Å². The number of fused-ring (bicyclic) bond motifs is 3. The molecule has 0 fully saturated rings. The zero-order chi connectivity index (χ0) is 15.1. The zero-order valence-corrected chi connectivity index (χ0v) is 11.6. The van der Waals surface area contributed by atoms with Gasteiger partial charge in [0.1, 0.15) is 0 Å². The maximum Gasteiger partial charge on any atom is 0.229 e. The van der Waals surface area contributed by atoms with Gasteiger partial charge in [0.2, 0.25) is 5.78 Å². The molecule has 3 nitrogen and oxygen atoms in total. The van der Waals surface area contributed by atoms with Crippen LogP contribution in [0.3, 0.4) is 0 Å². The first-order valence-corrected chi connectivity index (χ1v) is 6.71. The fourth-order valence-corrected chi connectivity index (χ4v) is 2.84. The van der Waals surface area contributed by atoms with Crippen molar-refractivity contribution in [3.8, 4) is 0 Å². The molecule has 0 radical (unpaired) electrons. The van der Waals surface area contributed by atoms with E-state index in [4.69, 9.17) is 0 Å². The van der Waals surface area contributed by atoms with Gasteiger partial charge in [0, 0.05) is 16.7 Å². The van der Waals surface area contributed by atoms with E-state index >= 15 is 0 Å². The summed E-state index contributed by atoms with van der Waals surface area (Å²) in [5.41, 5.74) is 1.72. The highest BCUT2D eigenvalue weighted by atomic mass is 16.3. The van der Waals surface area contributed by atoms with Gasteiger partial charge in [-0.05, 0) is 35.7 Å². The Labute approximate surface area is 122 Å². The minimum absolute atomic E-state index is 0.122. The SMILES string of the molecule is C=CCC1=C(O)C(=O)c2c(cc(C)c3ccccc23)C1=O. The summed E-state index contributed by atoms with van der Waals surface area (Å²) in [6.45, 7) is 5.47. The highest BCUT2D eigenvalue weighted by molar-refractivity contribution is 6.30. The van der Waals surface area contributed by atoms with Gasteiger partial charge < -0.3 is 5.11 Å². The molecule has 0 aliphatic heterocycles. The van der Waals surface area contributed by atoms with E-state index in [2.05, 4.69) is 6.58 Å². The highest BCUT2D eigenvalue weighted by Gasteiger charge is 2.33. The van der Waals surface area contributed by atoms with Gasteiger partial charge in [-0.2, -0.15) is 0 Å². The summed E-state index contributed by atoms with van der Waals surface area (Å²) >= 11 is 0. The summed E-state index contributed by atoms with van der Waals surface area (Å²) in [4.78, 5) is 25.0. The van der Waals surface area contributed by atoms with Crippen molar-refractivity contribution in [2.24, 2.45) is 0 Å². The third kappa shape index (κ3) is 1.82. The first kappa shape index (κ1) is 13.3. The monoisotopic (exact) mass is 278 g/mol. The predicted octanol–water partition coefficient (Wildman–Crippen LogP) is 3.92. The summed E-state index contributed by atoms with van der Waals surface area (Å²) in [5.74, 6) is -1.24. The van der Waals surface area contributed by atoms with Crippen LogP contribution in [0.25, 0.3) is 10.8 Å². The molecule has 0 spiro atoms. The molecule has 0 saturated heterocycles. The molecule has 1 aliphatic rings. The largest absolute Gasteiger partial charge is 0.504 e. The highest BCUT2D eigenvalue weighted by Crippen LogP contribution is 2.34. The number of rotatable bonds is 2. The van der Waals surface area contributed by atoms with E-state index < -0.39 is 11.5 Å². The van der Waals surface area contributed by atoms with Crippen LogP contribution in [0.15, 0.2) is 54.3 Å². The van der Waals surface area contributed by atoms with E-state index in [-0.39, 0.29) is 17.8 Å². The molecule has 1 aliphatic carbocycles. The van der Waals surface area contributed by atoms with Crippen LogP contribution in [0.4, 0.5) is 0 Å². The van der Waals surface area contributed by atoms with Gasteiger partial charge in [-0.3, -0.25) is 9.59 Å². The van der Waals surface area contributed by atoms with Crippen molar-refractivity contribution >= 4 is 22.3 Å². The first-order chi connectivity index (χ1) is 10.1. The van der Waals surface area contributed by atoms with Gasteiger partial charge in [-0.15, -0.1) is 6.58 Å². The standard InChI is InChI=1S/C18H14O3/c1-3-6-13-16(19)14-9-10(2)11-7-4-5-8-12(11)15(14)18(21)17(13)20/h3-5,7-9,20H,1,6H2,2H3. The average molecular weight is 278 g/mol. The number of ketones is 2. The molecular formula is C18H14O3. The molecule has 0 bridgehead atoms. The van der Waals surface area contributed by atoms with E-state index in [1.807, 2.05) is 25.1 Å². The Bertz CT molecular complexity index is 841. The molecule has 3 rings (SSSR count). The lowest BCUT2D eigenvalue weighted by Crippen LogP contribution is -2.22. The Morgan fingerprint density at radius 3 is 2.48 bits per heavy atom. The fraction of sp³-hybridized carbons (Fsp3) is 0.111. The number of hydrogen-bond acceptors (Lipinski definition) is 3. The van der Waals surface area contributed by atoms with Crippen molar-refractivity contribution in [2.45, 2.75) is 13.3 Å². The van der Waals surface area contributed by atoms with Gasteiger partial charge in [-0.1, -0.05) is 30.3 Å². The van der Waals surface area contributed by atoms with Crippen LogP contribution >= 0.6 is 0 Å². The number of hydrogen-bond donors (Lipinski definition) is 1. The molecule has 0 unspecified atom stereocenters. The van der Waals surface area contributed by atoms with Crippen molar-refractivity contribution in [2.75, 3.05) is 0 Å². The van der Waals surface area contributed by atoms with Crippen molar-refractivity contribution < 1.29 is 14.7 Å². The molecule has 2 aromatic carbocycles. The van der Waals surface area contributed by atoms with Crippen molar-refractivity contribution in [1.82, 2.24) is 0 Å². The Morgan fingerprint density at radius 2 is 1.81 bits per heavy atom. The number of aliphatic hydroxyl groups is 1. The second-order valence-electron chi connectivity index (χ2n) is 5.14. The maximum atomic E-state index is 12.5. The summed E-state index contributed by atoms with van der Waals surface area (Å²) in [6, 6.07) is 9.14. The van der Waals surface area contributed by atoms with Gasteiger partial charge in [0.05, 0.1) is 0 Å². The number of aliphatic hydroxyl groups excluding tert-OH is 1. The Kier molecular flexibility index (Phi) is 2.98. The van der Waals surface area contributed by atoms with Gasteiger partial charge >= 0.3 is 0 Å². The molecule has 0 heterocycles. The van der Waals surface area contributed by atoms with E-state index in [0.717, 1.165) is 10.9 Å². The van der Waals surface area contributed by atoms with Crippen LogP contribution in [0, 0.1) is 6.92 Å². The Hall–Kier alpha value is -2.68. The lowest BCUT2D eigenvalue weighted by atomic mass is 9.82. The average Bonchev–Trinajstić information content (AvgIpc) is 2.49. The van der Waals surface area contributed by atoms with Crippen LogP contribution in [0.5, 0.6) is 0 Å². The third-order valence-electron chi connectivity index (χ3n) is 3.85. The van der Waals surface area contributed by atoms with Crippen molar-refractivity contribution in [3.05, 3.63) is 71.0 Å². The minimum Gasteiger partial charge on any atom is -0.504 e. The summed E-state index contributed by atoms with van der Waals surface area (Å²) in [6.07, 6.45) is 1.69. The number of allylic oxidation sites excluding steroid dienone is 3. The fourth-order valence-electron chi connectivity index (χ4n) is 2.84. The Morgan fingerprint density at radius 1 is 1.14 bits per heavy atom. The smallest absolute Gasteiger partial charge is 0.229 e. The molecule has 0 saturated carbocycles. The van der Waals surface area contributed by atoms with E-state index in [1.165, 1.54) is 6.08 Å². The minimum atomic E-state index is -0.488. The molecular weight excluding hydrogens is 264 g/mol. The lowest BCUT2D eigenvalue weighted by molar-refractivity contribution is 0.0929. The normalized spacial score (nSPS) is 14.5. The second-order valence-corrected chi connectivity index (χ2v) is 5.14. The third-order valence-corrected chi connectivity index (χ3v) is 3.85. The first-order valence-electron chi connectivity index (χ1n) is 6.71. The number of benzene rings is 2. The number of carbonyl (C=O) groups excluding carboxylic acids is 2. The summed E-state index contributed by atoms with van der Waals surface area (Å²) in [5, 5.41) is 11.7. The molecule has 104 valence electrons. The molecule has 2 aromatic rings. The molecule has 21 heavy (non-hydrogen) atoms. The molecule has 0 atom stereocenters. The molecule has 0 aromatic heterocycles. The van der Waals surface area contributed by atoms with E-state index in [0.29, 0.717) is 16.5 Å². The van der Waals surface area contributed by atoms with Crippen LogP contribution in [-0.2, 0) is 0 Å². The number of carbonyl (C=O) groups is 2. The quantitative estimate of drug-likeness (QED) is 0.847. The predicted molar refractivity (Wildman–Crippen MR) is 81.8 cm³/mol. The van der Waals surface area contributed by atoms with Crippen LogP contribution in [0.2, 0.25) is 0 Å². The molecule has 1 N–H and O–H groups in total. The van der Waals surface area contributed by atoms with Crippen LogP contribution < -0.4 is 0 Å². The second kappa shape index (κ2) is 4.70. The van der Waals surface area contributed by atoms with Crippen molar-refractivity contribution in [3.63, 3.8) is 0 Å². The molecule has 3 heteroatoms. The summed E-state index contributed by atoms with van der Waals surface area (Å²) < 4.78 is 0. The van der Waals surface area contributed by atoms with Crippen LogP contribution in [-0.4, -0.2) is 16.7 Å². The summed E-state index contributed by atoms with van der Waals surface area (Å²) in [7, 11) is 0. The zero-order valence-electron chi connectivity index (χ0n) is 11.6. The topological polar surface area (TPSA) is 54.4 Å². The van der Waals surface area contributed by atoms with Gasteiger partial charge in [-0.25, -0.2) is 0 Å². The number of aryl methyl sites for hydroxylation is 1. The lowest BCUT2D eigenvalue weighted by Gasteiger charge is -2.19. The van der Waals surface area contributed by atoms with Gasteiger partial charge in [0.25, 0.3) is 0 Å². The number of Topliss-reactive ketones (excluding diaryl/α,β-unsaturated/α-hetero) is 2.